The maximum Gasteiger partial charge on any atom is 0.244 e. The summed E-state index contributed by atoms with van der Waals surface area (Å²) in [6.07, 6.45) is 2.21. The average molecular weight is 508 g/mol. The summed E-state index contributed by atoms with van der Waals surface area (Å²) < 4.78 is 26.5. The van der Waals surface area contributed by atoms with Crippen molar-refractivity contribution in [2.24, 2.45) is 0 Å². The Hall–Kier alpha value is -2.58. The van der Waals surface area contributed by atoms with Gasteiger partial charge in [0.1, 0.15) is 12.6 Å². The smallest absolute Gasteiger partial charge is 0.244 e. The maximum atomic E-state index is 13.7. The van der Waals surface area contributed by atoms with Crippen LogP contribution in [0.2, 0.25) is 5.02 Å². The molecule has 2 amide bonds. The number of nitrogens with zero attached hydrogens (tertiary/aromatic N) is 2. The molecule has 0 saturated carbocycles. The van der Waals surface area contributed by atoms with E-state index in [0.29, 0.717) is 29.2 Å². The van der Waals surface area contributed by atoms with Crippen molar-refractivity contribution in [3.05, 3.63) is 64.2 Å². The minimum Gasteiger partial charge on any atom is -0.354 e. The molecule has 0 bridgehead atoms. The predicted octanol–water partition coefficient (Wildman–Crippen LogP) is 4.06. The SMILES string of the molecule is CCCNC(=O)C(CC)N(Cc1ccccc1C)C(=O)CN(c1cccc(Cl)c1C)S(C)(=O)=O. The normalized spacial score (nSPS) is 12.2. The molecule has 1 atom stereocenters. The van der Waals surface area contributed by atoms with Gasteiger partial charge in [0.05, 0.1) is 11.9 Å². The zero-order chi connectivity index (χ0) is 25.5. The molecular weight excluding hydrogens is 474 g/mol. The van der Waals surface area contributed by atoms with Crippen molar-refractivity contribution in [2.45, 2.75) is 53.1 Å². The summed E-state index contributed by atoms with van der Waals surface area (Å²) in [6.45, 7) is 7.68. The van der Waals surface area contributed by atoms with Gasteiger partial charge in [-0.25, -0.2) is 8.42 Å². The van der Waals surface area contributed by atoms with Crippen molar-refractivity contribution >= 4 is 39.1 Å². The van der Waals surface area contributed by atoms with Crippen molar-refractivity contribution in [1.82, 2.24) is 10.2 Å². The highest BCUT2D eigenvalue weighted by Crippen LogP contribution is 2.28. The quantitative estimate of drug-likeness (QED) is 0.497. The van der Waals surface area contributed by atoms with Crippen LogP contribution in [0.15, 0.2) is 42.5 Å². The highest BCUT2D eigenvalue weighted by molar-refractivity contribution is 7.92. The third kappa shape index (κ3) is 6.96. The Morgan fingerprint density at radius 2 is 1.74 bits per heavy atom. The van der Waals surface area contributed by atoms with Crippen LogP contribution >= 0.6 is 11.6 Å². The summed E-state index contributed by atoms with van der Waals surface area (Å²) in [5.41, 5.74) is 2.76. The van der Waals surface area contributed by atoms with E-state index >= 15 is 0 Å². The lowest BCUT2D eigenvalue weighted by Crippen LogP contribution is -2.52. The molecule has 0 heterocycles. The zero-order valence-corrected chi connectivity index (χ0v) is 22.0. The third-order valence-electron chi connectivity index (χ3n) is 5.72. The molecule has 0 spiro atoms. The third-order valence-corrected chi connectivity index (χ3v) is 7.26. The fourth-order valence-corrected chi connectivity index (χ4v) is 4.79. The summed E-state index contributed by atoms with van der Waals surface area (Å²) in [7, 11) is -3.81. The Morgan fingerprint density at radius 1 is 1.06 bits per heavy atom. The lowest BCUT2D eigenvalue weighted by molar-refractivity contribution is -0.140. The van der Waals surface area contributed by atoms with E-state index in [0.717, 1.165) is 28.1 Å². The largest absolute Gasteiger partial charge is 0.354 e. The number of carbonyl (C=O) groups excluding carboxylic acids is 2. The topological polar surface area (TPSA) is 86.8 Å². The summed E-state index contributed by atoms with van der Waals surface area (Å²) in [6, 6.07) is 11.8. The number of rotatable bonds is 11. The summed E-state index contributed by atoms with van der Waals surface area (Å²) in [5.74, 6) is -0.720. The Labute approximate surface area is 208 Å². The molecule has 0 aliphatic heterocycles. The second-order valence-electron chi connectivity index (χ2n) is 8.32. The number of hydrogen-bond acceptors (Lipinski definition) is 4. The average Bonchev–Trinajstić information content (AvgIpc) is 2.78. The van der Waals surface area contributed by atoms with E-state index in [1.807, 2.05) is 45.0 Å². The maximum absolute atomic E-state index is 13.7. The number of carbonyl (C=O) groups is 2. The first-order valence-electron chi connectivity index (χ1n) is 11.4. The highest BCUT2D eigenvalue weighted by Gasteiger charge is 2.32. The van der Waals surface area contributed by atoms with Crippen LogP contribution in [-0.2, 0) is 26.2 Å². The number of benzene rings is 2. The van der Waals surface area contributed by atoms with Gasteiger partial charge in [0.2, 0.25) is 21.8 Å². The van der Waals surface area contributed by atoms with E-state index < -0.39 is 28.5 Å². The molecule has 186 valence electrons. The highest BCUT2D eigenvalue weighted by atomic mass is 35.5. The second kappa shape index (κ2) is 12.2. The number of anilines is 1. The Kier molecular flexibility index (Phi) is 9.94. The molecule has 0 saturated heterocycles. The molecule has 0 aliphatic rings. The van der Waals surface area contributed by atoms with Gasteiger partial charge in [-0.15, -0.1) is 0 Å². The van der Waals surface area contributed by atoms with Crippen molar-refractivity contribution in [1.29, 1.82) is 0 Å². The second-order valence-corrected chi connectivity index (χ2v) is 10.6. The van der Waals surface area contributed by atoms with Crippen molar-refractivity contribution in [2.75, 3.05) is 23.7 Å². The summed E-state index contributed by atoms with van der Waals surface area (Å²) >= 11 is 6.23. The van der Waals surface area contributed by atoms with Gasteiger partial charge in [0, 0.05) is 18.1 Å². The fraction of sp³-hybridized carbons (Fsp3) is 0.440. The molecule has 0 fully saturated rings. The van der Waals surface area contributed by atoms with Crippen LogP contribution in [0.5, 0.6) is 0 Å². The number of hydrogen-bond donors (Lipinski definition) is 1. The van der Waals surface area contributed by atoms with Gasteiger partial charge in [0.15, 0.2) is 0 Å². The van der Waals surface area contributed by atoms with Gasteiger partial charge in [0.25, 0.3) is 0 Å². The molecule has 0 radical (unpaired) electrons. The van der Waals surface area contributed by atoms with E-state index in [2.05, 4.69) is 5.32 Å². The molecular formula is C25H34ClN3O4S. The number of amides is 2. The Bertz CT molecular complexity index is 1120. The number of nitrogens with one attached hydrogen (secondary N) is 1. The van der Waals surface area contributed by atoms with E-state index in [1.54, 1.807) is 25.1 Å². The molecule has 0 aromatic heterocycles. The van der Waals surface area contributed by atoms with Gasteiger partial charge in [-0.1, -0.05) is 55.8 Å². The van der Waals surface area contributed by atoms with Crippen molar-refractivity contribution in [3.63, 3.8) is 0 Å². The van der Waals surface area contributed by atoms with Crippen LogP contribution in [0.1, 0.15) is 43.4 Å². The van der Waals surface area contributed by atoms with E-state index in [1.165, 1.54) is 4.90 Å². The summed E-state index contributed by atoms with van der Waals surface area (Å²) in [5, 5.41) is 3.27. The van der Waals surface area contributed by atoms with Gasteiger partial charge >= 0.3 is 0 Å². The van der Waals surface area contributed by atoms with Crippen LogP contribution in [0, 0.1) is 13.8 Å². The molecule has 2 aromatic rings. The van der Waals surface area contributed by atoms with E-state index in [-0.39, 0.29) is 12.5 Å². The molecule has 2 rings (SSSR count). The first-order chi connectivity index (χ1) is 16.0. The Morgan fingerprint density at radius 3 is 2.32 bits per heavy atom. The molecule has 0 aliphatic carbocycles. The zero-order valence-electron chi connectivity index (χ0n) is 20.5. The van der Waals surface area contributed by atoms with Crippen molar-refractivity contribution < 1.29 is 18.0 Å². The molecule has 7 nitrogen and oxygen atoms in total. The number of aryl methyl sites for hydroxylation is 1. The number of halogens is 1. The van der Waals surface area contributed by atoms with Gasteiger partial charge < -0.3 is 10.2 Å². The van der Waals surface area contributed by atoms with Gasteiger partial charge in [-0.05, 0) is 55.5 Å². The summed E-state index contributed by atoms with van der Waals surface area (Å²) in [4.78, 5) is 28.1. The van der Waals surface area contributed by atoms with Crippen LogP contribution in [-0.4, -0.2) is 50.5 Å². The first-order valence-corrected chi connectivity index (χ1v) is 13.6. The number of sulfonamides is 1. The fourth-order valence-electron chi connectivity index (χ4n) is 3.72. The standard InChI is InChI=1S/C25H34ClN3O4S/c1-6-15-27-25(31)22(7-2)28(16-20-12-9-8-11-18(20)3)24(30)17-29(34(5,32)33)23-14-10-13-21(26)19(23)4/h8-14,22H,6-7,15-17H2,1-5H3,(H,27,31). The molecule has 1 N–H and O–H groups in total. The van der Waals surface area contributed by atoms with Gasteiger partial charge in [-0.2, -0.15) is 0 Å². The van der Waals surface area contributed by atoms with Crippen molar-refractivity contribution in [3.8, 4) is 0 Å². The lowest BCUT2D eigenvalue weighted by Gasteiger charge is -2.33. The van der Waals surface area contributed by atoms with Crippen LogP contribution in [0.3, 0.4) is 0 Å². The van der Waals surface area contributed by atoms with Crippen LogP contribution in [0.25, 0.3) is 0 Å². The molecule has 34 heavy (non-hydrogen) atoms. The molecule has 1 unspecified atom stereocenters. The molecule has 2 aromatic carbocycles. The monoisotopic (exact) mass is 507 g/mol. The molecule has 9 heteroatoms. The minimum absolute atomic E-state index is 0.190. The predicted molar refractivity (Wildman–Crippen MR) is 137 cm³/mol. The first kappa shape index (κ1) is 27.7. The van der Waals surface area contributed by atoms with E-state index in [4.69, 9.17) is 11.6 Å². The van der Waals surface area contributed by atoms with Gasteiger partial charge in [-0.3, -0.25) is 13.9 Å². The van der Waals surface area contributed by atoms with Crippen LogP contribution in [0.4, 0.5) is 5.69 Å². The van der Waals surface area contributed by atoms with Crippen LogP contribution < -0.4 is 9.62 Å². The minimum atomic E-state index is -3.81. The lowest BCUT2D eigenvalue weighted by atomic mass is 10.1. The Balaban J connectivity index is 2.48. The van der Waals surface area contributed by atoms with E-state index in [9.17, 15) is 18.0 Å².